The number of nitrogens with zero attached hydrogens (tertiary/aromatic N) is 2. The minimum atomic E-state index is -0.230. The minimum absolute atomic E-state index is 0.155. The molecule has 1 aromatic heterocycles. The Labute approximate surface area is 190 Å². The van der Waals surface area contributed by atoms with Crippen LogP contribution in [0.3, 0.4) is 0 Å². The fourth-order valence-corrected chi connectivity index (χ4v) is 4.22. The van der Waals surface area contributed by atoms with Crippen LogP contribution in [-0.2, 0) is 4.79 Å². The lowest BCUT2D eigenvalue weighted by molar-refractivity contribution is -0.113. The number of aromatic nitrogens is 3. The van der Waals surface area contributed by atoms with Gasteiger partial charge in [-0.3, -0.25) is 14.7 Å². The summed E-state index contributed by atoms with van der Waals surface area (Å²) in [6, 6.07) is 13.9. The second-order valence-corrected chi connectivity index (χ2v) is 8.52. The molecule has 0 unspecified atom stereocenters. The van der Waals surface area contributed by atoms with Crippen molar-refractivity contribution >= 4 is 35.0 Å². The molecule has 9 heteroatoms. The van der Waals surface area contributed by atoms with Gasteiger partial charge in [0.05, 0.1) is 12.9 Å². The van der Waals surface area contributed by atoms with Crippen molar-refractivity contribution in [3.63, 3.8) is 0 Å². The first-order valence-corrected chi connectivity index (χ1v) is 11.5. The van der Waals surface area contributed by atoms with E-state index in [1.807, 2.05) is 0 Å². The van der Waals surface area contributed by atoms with E-state index in [4.69, 9.17) is 4.74 Å². The molecule has 1 fully saturated rings. The van der Waals surface area contributed by atoms with Crippen LogP contribution in [0.1, 0.15) is 47.8 Å². The zero-order chi connectivity index (χ0) is 22.3. The van der Waals surface area contributed by atoms with E-state index >= 15 is 0 Å². The molecule has 3 N–H and O–H groups in total. The fourth-order valence-electron chi connectivity index (χ4n) is 3.61. The smallest absolute Gasteiger partial charge is 0.255 e. The van der Waals surface area contributed by atoms with Gasteiger partial charge in [0, 0.05) is 22.9 Å². The molecule has 2 amide bonds. The summed E-state index contributed by atoms with van der Waals surface area (Å²) in [4.78, 5) is 29.2. The quantitative estimate of drug-likeness (QED) is 0.437. The van der Waals surface area contributed by atoms with E-state index in [9.17, 15) is 9.59 Å². The number of anilines is 2. The van der Waals surface area contributed by atoms with Crippen LogP contribution in [0.4, 0.5) is 11.4 Å². The molecule has 2 aromatic carbocycles. The predicted octanol–water partition coefficient (Wildman–Crippen LogP) is 4.45. The highest BCUT2D eigenvalue weighted by atomic mass is 32.2. The molecule has 32 heavy (non-hydrogen) atoms. The Morgan fingerprint density at radius 3 is 2.38 bits per heavy atom. The number of carbonyl (C=O) groups is 2. The number of H-pyrrole nitrogens is 1. The number of methoxy groups -OCH3 is 1. The number of aromatic amines is 1. The van der Waals surface area contributed by atoms with Crippen molar-refractivity contribution in [2.24, 2.45) is 0 Å². The maximum absolute atomic E-state index is 12.4. The molecule has 1 heterocycles. The van der Waals surface area contributed by atoms with Crippen LogP contribution >= 0.6 is 11.8 Å². The van der Waals surface area contributed by atoms with Crippen LogP contribution in [0.25, 0.3) is 0 Å². The highest BCUT2D eigenvalue weighted by Gasteiger charge is 2.21. The first-order valence-electron chi connectivity index (χ1n) is 10.5. The number of nitrogens with one attached hydrogen (secondary N) is 3. The van der Waals surface area contributed by atoms with Crippen molar-refractivity contribution in [1.29, 1.82) is 0 Å². The Kier molecular flexibility index (Phi) is 7.06. The molecule has 0 radical (unpaired) electrons. The summed E-state index contributed by atoms with van der Waals surface area (Å²) >= 11 is 1.30. The van der Waals surface area contributed by atoms with Crippen LogP contribution in [0, 0.1) is 0 Å². The largest absolute Gasteiger partial charge is 0.497 e. The highest BCUT2D eigenvalue weighted by Crippen LogP contribution is 2.32. The molecular weight excluding hydrogens is 426 g/mol. The number of hydrogen-bond acceptors (Lipinski definition) is 6. The van der Waals surface area contributed by atoms with Gasteiger partial charge in [0.2, 0.25) is 11.1 Å². The molecule has 166 valence electrons. The molecule has 0 atom stereocenters. The Bertz CT molecular complexity index is 1060. The number of ether oxygens (including phenoxy) is 1. The Balaban J connectivity index is 1.25. The molecule has 1 aliphatic rings. The Hall–Kier alpha value is -3.33. The van der Waals surface area contributed by atoms with Crippen molar-refractivity contribution in [2.45, 2.75) is 36.8 Å². The Morgan fingerprint density at radius 2 is 1.69 bits per heavy atom. The first kappa shape index (κ1) is 21.9. The third kappa shape index (κ3) is 5.67. The van der Waals surface area contributed by atoms with Crippen molar-refractivity contribution in [1.82, 2.24) is 15.2 Å². The normalized spacial score (nSPS) is 13.7. The zero-order valence-corrected chi connectivity index (χ0v) is 18.6. The zero-order valence-electron chi connectivity index (χ0n) is 17.8. The molecule has 1 aliphatic carbocycles. The van der Waals surface area contributed by atoms with Crippen molar-refractivity contribution in [3.8, 4) is 5.75 Å². The summed E-state index contributed by atoms with van der Waals surface area (Å²) < 4.78 is 5.11. The summed E-state index contributed by atoms with van der Waals surface area (Å²) in [6.07, 6.45) is 4.76. The average Bonchev–Trinajstić information content (AvgIpc) is 3.51. The van der Waals surface area contributed by atoms with Crippen LogP contribution in [0.15, 0.2) is 53.7 Å². The maximum atomic E-state index is 12.4. The molecule has 0 bridgehead atoms. The molecular formula is C23H25N5O3S. The lowest BCUT2D eigenvalue weighted by atomic mass is 10.1. The molecule has 3 aromatic rings. The highest BCUT2D eigenvalue weighted by molar-refractivity contribution is 7.99. The summed E-state index contributed by atoms with van der Waals surface area (Å²) in [7, 11) is 1.59. The number of benzene rings is 2. The number of thioether (sulfide) groups is 1. The van der Waals surface area contributed by atoms with Crippen molar-refractivity contribution in [2.75, 3.05) is 23.5 Å². The second-order valence-electron chi connectivity index (χ2n) is 7.58. The van der Waals surface area contributed by atoms with Crippen molar-refractivity contribution in [3.05, 3.63) is 59.9 Å². The SMILES string of the molecule is COc1ccc(NC(=O)c2ccc(NC(=O)CSc3n[nH]c(C4CCCC4)n3)cc2)cc1. The third-order valence-electron chi connectivity index (χ3n) is 5.34. The standard InChI is InChI=1S/C23H25N5O3S/c1-31-19-12-10-18(11-13-19)25-22(30)16-6-8-17(9-7-16)24-20(29)14-32-23-26-21(27-28-23)15-4-2-3-5-15/h6-13,15H,2-5,14H2,1H3,(H,24,29)(H,25,30)(H,26,27,28). The summed E-state index contributed by atoms with van der Waals surface area (Å²) in [6.45, 7) is 0. The third-order valence-corrected chi connectivity index (χ3v) is 6.18. The van der Waals surface area contributed by atoms with E-state index in [0.717, 1.165) is 24.4 Å². The molecule has 4 rings (SSSR count). The van der Waals surface area contributed by atoms with Gasteiger partial charge < -0.3 is 15.4 Å². The van der Waals surface area contributed by atoms with Gasteiger partial charge >= 0.3 is 0 Å². The molecule has 1 saturated carbocycles. The lowest BCUT2D eigenvalue weighted by Gasteiger charge is -2.08. The van der Waals surface area contributed by atoms with Gasteiger partial charge in [-0.05, 0) is 61.4 Å². The second kappa shape index (κ2) is 10.3. The van der Waals surface area contributed by atoms with Crippen LogP contribution in [0.2, 0.25) is 0 Å². The van der Waals surface area contributed by atoms with Gasteiger partial charge in [0.15, 0.2) is 0 Å². The predicted molar refractivity (Wildman–Crippen MR) is 124 cm³/mol. The van der Waals surface area contributed by atoms with Gasteiger partial charge in [0.1, 0.15) is 11.6 Å². The van der Waals surface area contributed by atoms with E-state index in [-0.39, 0.29) is 17.6 Å². The maximum Gasteiger partial charge on any atom is 0.255 e. The lowest BCUT2D eigenvalue weighted by Crippen LogP contribution is -2.15. The van der Waals surface area contributed by atoms with Crippen LogP contribution in [0.5, 0.6) is 5.75 Å². The molecule has 0 aliphatic heterocycles. The topological polar surface area (TPSA) is 109 Å². The van der Waals surface area contributed by atoms with E-state index < -0.39 is 0 Å². The van der Waals surface area contributed by atoms with Crippen LogP contribution < -0.4 is 15.4 Å². The first-order chi connectivity index (χ1) is 15.6. The van der Waals surface area contributed by atoms with E-state index in [1.165, 1.54) is 24.6 Å². The van der Waals surface area contributed by atoms with Gasteiger partial charge in [-0.25, -0.2) is 4.98 Å². The number of carbonyl (C=O) groups excluding carboxylic acids is 2. The summed E-state index contributed by atoms with van der Waals surface area (Å²) in [5, 5.41) is 13.5. The van der Waals surface area contributed by atoms with Gasteiger partial charge in [0.25, 0.3) is 5.91 Å². The number of amides is 2. The molecule has 0 spiro atoms. The van der Waals surface area contributed by atoms with E-state index in [0.29, 0.717) is 28.0 Å². The monoisotopic (exact) mass is 451 g/mol. The number of hydrogen-bond donors (Lipinski definition) is 3. The Morgan fingerprint density at radius 1 is 1.03 bits per heavy atom. The van der Waals surface area contributed by atoms with E-state index in [1.54, 1.807) is 55.6 Å². The minimum Gasteiger partial charge on any atom is -0.497 e. The summed E-state index contributed by atoms with van der Waals surface area (Å²) in [5.74, 6) is 1.93. The molecule has 8 nitrogen and oxygen atoms in total. The number of rotatable bonds is 8. The fraction of sp³-hybridized carbons (Fsp3) is 0.304. The van der Waals surface area contributed by atoms with E-state index in [2.05, 4.69) is 25.8 Å². The average molecular weight is 452 g/mol. The molecule has 0 saturated heterocycles. The van der Waals surface area contributed by atoms with Crippen molar-refractivity contribution < 1.29 is 14.3 Å². The summed E-state index contributed by atoms with van der Waals surface area (Å²) in [5.41, 5.74) is 1.79. The van der Waals surface area contributed by atoms with Gasteiger partial charge in [-0.2, -0.15) is 0 Å². The van der Waals surface area contributed by atoms with Crippen LogP contribution in [-0.4, -0.2) is 39.9 Å². The van der Waals surface area contributed by atoms with Gasteiger partial charge in [-0.1, -0.05) is 24.6 Å². The van der Waals surface area contributed by atoms with Gasteiger partial charge in [-0.15, -0.1) is 5.10 Å².